The van der Waals surface area contributed by atoms with Gasteiger partial charge >= 0.3 is 0 Å². The van der Waals surface area contributed by atoms with Crippen molar-refractivity contribution in [3.05, 3.63) is 41.6 Å². The second-order valence-corrected chi connectivity index (χ2v) is 5.14. The van der Waals surface area contributed by atoms with Crippen LogP contribution in [0.2, 0.25) is 0 Å². The highest BCUT2D eigenvalue weighted by Crippen LogP contribution is 2.40. The van der Waals surface area contributed by atoms with Crippen LogP contribution in [0.1, 0.15) is 37.9 Å². The Bertz CT molecular complexity index is 570. The maximum atomic E-state index is 3.59. The Kier molecular flexibility index (Phi) is 2.36. The fourth-order valence-electron chi connectivity index (χ4n) is 2.96. The SMILES string of the molecule is CCC1(CC)C=Cc2c([nH]c3ccccc23)C1. The number of para-hydroxylation sites is 1. The molecule has 0 amide bonds. The van der Waals surface area contributed by atoms with E-state index in [1.807, 2.05) is 0 Å². The molecule has 0 saturated carbocycles. The smallest absolute Gasteiger partial charge is 0.0462 e. The predicted molar refractivity (Wildman–Crippen MR) is 74.1 cm³/mol. The van der Waals surface area contributed by atoms with E-state index in [9.17, 15) is 0 Å². The zero-order valence-corrected chi connectivity index (χ0v) is 10.6. The Hall–Kier alpha value is -1.50. The lowest BCUT2D eigenvalue weighted by Crippen LogP contribution is -2.22. The van der Waals surface area contributed by atoms with Crippen LogP contribution >= 0.6 is 0 Å². The maximum Gasteiger partial charge on any atom is 0.0462 e. The molecule has 0 aliphatic heterocycles. The van der Waals surface area contributed by atoms with E-state index in [0.717, 1.165) is 6.42 Å². The summed E-state index contributed by atoms with van der Waals surface area (Å²) in [6, 6.07) is 8.59. The fraction of sp³-hybridized carbons (Fsp3) is 0.375. The van der Waals surface area contributed by atoms with Crippen LogP contribution in [0.3, 0.4) is 0 Å². The Morgan fingerprint density at radius 2 is 1.94 bits per heavy atom. The molecule has 2 aromatic rings. The van der Waals surface area contributed by atoms with Crippen molar-refractivity contribution in [3.8, 4) is 0 Å². The summed E-state index contributed by atoms with van der Waals surface area (Å²) in [5.74, 6) is 0. The molecule has 0 spiro atoms. The van der Waals surface area contributed by atoms with Crippen LogP contribution in [0.4, 0.5) is 0 Å². The Morgan fingerprint density at radius 3 is 2.71 bits per heavy atom. The van der Waals surface area contributed by atoms with Gasteiger partial charge in [0.2, 0.25) is 0 Å². The lowest BCUT2D eigenvalue weighted by molar-refractivity contribution is 0.345. The average Bonchev–Trinajstić information content (AvgIpc) is 2.75. The van der Waals surface area contributed by atoms with E-state index in [4.69, 9.17) is 0 Å². The molecule has 1 aromatic carbocycles. The minimum atomic E-state index is 0.369. The first-order valence-corrected chi connectivity index (χ1v) is 6.57. The number of aromatic nitrogens is 1. The standard InChI is InChI=1S/C16H19N/c1-3-16(4-2)10-9-13-12-7-5-6-8-14(12)17-15(13)11-16/h5-10,17H,3-4,11H2,1-2H3. The number of benzene rings is 1. The molecule has 1 aliphatic carbocycles. The van der Waals surface area contributed by atoms with Crippen LogP contribution in [-0.4, -0.2) is 4.98 Å². The van der Waals surface area contributed by atoms with Gasteiger partial charge < -0.3 is 4.98 Å². The monoisotopic (exact) mass is 225 g/mol. The van der Waals surface area contributed by atoms with Crippen molar-refractivity contribution in [2.75, 3.05) is 0 Å². The molecule has 1 aromatic heterocycles. The molecule has 0 atom stereocenters. The molecule has 0 saturated heterocycles. The fourth-order valence-corrected chi connectivity index (χ4v) is 2.96. The van der Waals surface area contributed by atoms with Gasteiger partial charge in [0, 0.05) is 22.2 Å². The summed E-state index contributed by atoms with van der Waals surface area (Å²) in [7, 11) is 0. The molecule has 1 heteroatoms. The largest absolute Gasteiger partial charge is 0.358 e. The molecular weight excluding hydrogens is 206 g/mol. The van der Waals surface area contributed by atoms with Crippen molar-refractivity contribution >= 4 is 17.0 Å². The second-order valence-electron chi connectivity index (χ2n) is 5.14. The molecule has 1 aliphatic rings. The van der Waals surface area contributed by atoms with Gasteiger partial charge in [0.05, 0.1) is 0 Å². The van der Waals surface area contributed by atoms with E-state index in [2.05, 4.69) is 55.2 Å². The Balaban J connectivity index is 2.15. The number of hydrogen-bond donors (Lipinski definition) is 1. The van der Waals surface area contributed by atoms with Gasteiger partial charge in [-0.2, -0.15) is 0 Å². The number of aromatic amines is 1. The first-order chi connectivity index (χ1) is 8.28. The summed E-state index contributed by atoms with van der Waals surface area (Å²) < 4.78 is 0. The Labute approximate surface area is 103 Å². The molecule has 1 N–H and O–H groups in total. The molecule has 17 heavy (non-hydrogen) atoms. The quantitative estimate of drug-likeness (QED) is 0.772. The molecule has 0 unspecified atom stereocenters. The van der Waals surface area contributed by atoms with Crippen molar-refractivity contribution in [2.24, 2.45) is 5.41 Å². The van der Waals surface area contributed by atoms with Gasteiger partial charge in [0.15, 0.2) is 0 Å². The molecular formula is C16H19N. The third kappa shape index (κ3) is 1.53. The van der Waals surface area contributed by atoms with E-state index in [1.165, 1.54) is 35.0 Å². The number of rotatable bonds is 2. The summed E-state index contributed by atoms with van der Waals surface area (Å²) in [4.78, 5) is 3.59. The van der Waals surface area contributed by atoms with Gasteiger partial charge in [-0.3, -0.25) is 0 Å². The molecule has 0 radical (unpaired) electrons. The van der Waals surface area contributed by atoms with Crippen LogP contribution in [-0.2, 0) is 6.42 Å². The van der Waals surface area contributed by atoms with Crippen LogP contribution in [0.5, 0.6) is 0 Å². The third-order valence-electron chi connectivity index (χ3n) is 4.37. The van der Waals surface area contributed by atoms with Crippen LogP contribution < -0.4 is 0 Å². The van der Waals surface area contributed by atoms with Crippen molar-refractivity contribution < 1.29 is 0 Å². The van der Waals surface area contributed by atoms with Gasteiger partial charge in [0.25, 0.3) is 0 Å². The molecule has 0 fully saturated rings. The van der Waals surface area contributed by atoms with E-state index >= 15 is 0 Å². The van der Waals surface area contributed by atoms with Gasteiger partial charge in [-0.05, 0) is 30.7 Å². The molecule has 1 heterocycles. The average molecular weight is 225 g/mol. The van der Waals surface area contributed by atoms with Crippen molar-refractivity contribution in [1.82, 2.24) is 4.98 Å². The Morgan fingerprint density at radius 1 is 1.18 bits per heavy atom. The van der Waals surface area contributed by atoms with Crippen LogP contribution in [0, 0.1) is 5.41 Å². The minimum absolute atomic E-state index is 0.369. The van der Waals surface area contributed by atoms with E-state index < -0.39 is 0 Å². The molecule has 3 rings (SSSR count). The molecule has 88 valence electrons. The van der Waals surface area contributed by atoms with Crippen molar-refractivity contribution in [1.29, 1.82) is 0 Å². The highest BCUT2D eigenvalue weighted by Gasteiger charge is 2.28. The summed E-state index contributed by atoms with van der Waals surface area (Å²) in [5, 5.41) is 1.36. The number of nitrogens with one attached hydrogen (secondary N) is 1. The molecule has 1 nitrogen and oxygen atoms in total. The minimum Gasteiger partial charge on any atom is -0.358 e. The lowest BCUT2D eigenvalue weighted by atomic mass is 9.74. The van der Waals surface area contributed by atoms with Crippen LogP contribution in [0.15, 0.2) is 30.3 Å². The number of fused-ring (bicyclic) bond motifs is 3. The summed E-state index contributed by atoms with van der Waals surface area (Å²) in [6.45, 7) is 4.59. The first kappa shape index (κ1) is 10.6. The van der Waals surface area contributed by atoms with Gasteiger partial charge in [0.1, 0.15) is 0 Å². The predicted octanol–water partition coefficient (Wildman–Crippen LogP) is 4.54. The maximum absolute atomic E-state index is 3.59. The summed E-state index contributed by atoms with van der Waals surface area (Å²) in [5.41, 5.74) is 4.45. The zero-order chi connectivity index (χ0) is 11.9. The van der Waals surface area contributed by atoms with E-state index in [0.29, 0.717) is 5.41 Å². The normalized spacial score (nSPS) is 17.3. The van der Waals surface area contributed by atoms with Crippen molar-refractivity contribution in [2.45, 2.75) is 33.1 Å². The highest BCUT2D eigenvalue weighted by molar-refractivity contribution is 5.91. The van der Waals surface area contributed by atoms with E-state index in [-0.39, 0.29) is 0 Å². The van der Waals surface area contributed by atoms with Crippen molar-refractivity contribution in [3.63, 3.8) is 0 Å². The number of hydrogen-bond acceptors (Lipinski definition) is 0. The number of H-pyrrole nitrogens is 1. The summed E-state index contributed by atoms with van der Waals surface area (Å²) >= 11 is 0. The molecule has 0 bridgehead atoms. The van der Waals surface area contributed by atoms with Gasteiger partial charge in [-0.15, -0.1) is 0 Å². The third-order valence-corrected chi connectivity index (χ3v) is 4.37. The zero-order valence-electron chi connectivity index (χ0n) is 10.6. The second kappa shape index (κ2) is 3.76. The summed E-state index contributed by atoms with van der Waals surface area (Å²) in [6.07, 6.45) is 8.34. The van der Waals surface area contributed by atoms with Crippen LogP contribution in [0.25, 0.3) is 17.0 Å². The van der Waals surface area contributed by atoms with Gasteiger partial charge in [-0.25, -0.2) is 0 Å². The van der Waals surface area contributed by atoms with E-state index in [1.54, 1.807) is 0 Å². The first-order valence-electron chi connectivity index (χ1n) is 6.57. The topological polar surface area (TPSA) is 15.8 Å². The highest BCUT2D eigenvalue weighted by atomic mass is 14.7. The van der Waals surface area contributed by atoms with Gasteiger partial charge in [-0.1, -0.05) is 44.2 Å². The lowest BCUT2D eigenvalue weighted by Gasteiger charge is -2.30. The number of allylic oxidation sites excluding steroid dienone is 1.